The fraction of sp³-hybridized carbons (Fsp3) is 0.636. The molecular formula is C22H36IN3O3. The predicted octanol–water partition coefficient (Wildman–Crippen LogP) is 3.84. The second kappa shape index (κ2) is 15.5. The Morgan fingerprint density at radius 3 is 2.76 bits per heavy atom. The van der Waals surface area contributed by atoms with Gasteiger partial charge in [-0.05, 0) is 45.1 Å². The Bertz CT molecular complexity index is 598. The van der Waals surface area contributed by atoms with Crippen LogP contribution in [0.5, 0.6) is 0 Å². The van der Waals surface area contributed by atoms with Gasteiger partial charge < -0.3 is 19.7 Å². The van der Waals surface area contributed by atoms with E-state index in [2.05, 4.69) is 29.3 Å². The van der Waals surface area contributed by atoms with E-state index in [1.54, 1.807) is 0 Å². The number of piperidine rings is 1. The first-order chi connectivity index (χ1) is 13.7. The van der Waals surface area contributed by atoms with Crippen molar-refractivity contribution in [3.05, 3.63) is 35.9 Å². The second-order valence-electron chi connectivity index (χ2n) is 7.02. The number of nitrogens with zero attached hydrogens (tertiary/aromatic N) is 2. The maximum atomic E-state index is 12.1. The van der Waals surface area contributed by atoms with Gasteiger partial charge in [0.05, 0.1) is 19.1 Å². The van der Waals surface area contributed by atoms with Crippen molar-refractivity contribution < 1.29 is 14.3 Å². The molecule has 0 aromatic heterocycles. The number of hydrogen-bond donors (Lipinski definition) is 1. The number of carbonyl (C=O) groups is 1. The molecule has 1 heterocycles. The lowest BCUT2D eigenvalue weighted by atomic mass is 9.98. The van der Waals surface area contributed by atoms with E-state index in [0.717, 1.165) is 57.9 Å². The SMILES string of the molecule is CCNC(=NCCCCOCc1ccccc1)N1CCCC(C(=O)OCC)C1.I. The van der Waals surface area contributed by atoms with E-state index in [-0.39, 0.29) is 35.9 Å². The van der Waals surface area contributed by atoms with Gasteiger partial charge in [0.1, 0.15) is 0 Å². The molecule has 1 aromatic carbocycles. The number of unbranched alkanes of at least 4 members (excludes halogenated alkanes) is 1. The summed E-state index contributed by atoms with van der Waals surface area (Å²) in [6, 6.07) is 10.2. The summed E-state index contributed by atoms with van der Waals surface area (Å²) < 4.78 is 10.9. The highest BCUT2D eigenvalue weighted by Gasteiger charge is 2.28. The van der Waals surface area contributed by atoms with Crippen LogP contribution in [0.15, 0.2) is 35.3 Å². The summed E-state index contributed by atoms with van der Waals surface area (Å²) in [6.45, 7) is 8.97. The summed E-state index contributed by atoms with van der Waals surface area (Å²) in [5.74, 6) is 0.768. The summed E-state index contributed by atoms with van der Waals surface area (Å²) >= 11 is 0. The number of carbonyl (C=O) groups excluding carboxylic acids is 1. The van der Waals surface area contributed by atoms with Gasteiger partial charge in [0.15, 0.2) is 5.96 Å². The summed E-state index contributed by atoms with van der Waals surface area (Å²) in [5, 5.41) is 3.36. The van der Waals surface area contributed by atoms with E-state index in [9.17, 15) is 4.79 Å². The zero-order chi connectivity index (χ0) is 20.0. The topological polar surface area (TPSA) is 63.2 Å². The van der Waals surface area contributed by atoms with Gasteiger partial charge in [-0.1, -0.05) is 30.3 Å². The molecule has 0 bridgehead atoms. The third-order valence-electron chi connectivity index (χ3n) is 4.75. The summed E-state index contributed by atoms with van der Waals surface area (Å²) in [7, 11) is 0. The zero-order valence-corrected chi connectivity index (χ0v) is 20.1. The first kappa shape index (κ1) is 25.7. The van der Waals surface area contributed by atoms with Crippen molar-refractivity contribution in [2.45, 2.75) is 46.1 Å². The second-order valence-corrected chi connectivity index (χ2v) is 7.02. The number of halogens is 1. The minimum absolute atomic E-state index is 0. The van der Waals surface area contributed by atoms with Crippen LogP contribution in [0.4, 0.5) is 0 Å². The maximum Gasteiger partial charge on any atom is 0.310 e. The van der Waals surface area contributed by atoms with Crippen LogP contribution in [0.3, 0.4) is 0 Å². The van der Waals surface area contributed by atoms with Gasteiger partial charge in [-0.3, -0.25) is 9.79 Å². The Morgan fingerprint density at radius 1 is 1.24 bits per heavy atom. The number of likely N-dealkylation sites (tertiary alicyclic amines) is 1. The van der Waals surface area contributed by atoms with Gasteiger partial charge in [-0.15, -0.1) is 24.0 Å². The molecule has 0 radical (unpaired) electrons. The Hall–Kier alpha value is -1.35. The molecular weight excluding hydrogens is 481 g/mol. The van der Waals surface area contributed by atoms with E-state index >= 15 is 0 Å². The van der Waals surface area contributed by atoms with Crippen molar-refractivity contribution in [1.29, 1.82) is 0 Å². The molecule has 0 spiro atoms. The number of esters is 1. The Kier molecular flexibility index (Phi) is 13.7. The van der Waals surface area contributed by atoms with Crippen molar-refractivity contribution >= 4 is 35.9 Å². The number of hydrogen-bond acceptors (Lipinski definition) is 4. The normalized spacial score (nSPS) is 16.8. The lowest BCUT2D eigenvalue weighted by molar-refractivity contribution is -0.149. The molecule has 7 heteroatoms. The smallest absolute Gasteiger partial charge is 0.310 e. The third kappa shape index (κ3) is 9.80. The monoisotopic (exact) mass is 517 g/mol. The molecule has 0 amide bonds. The number of ether oxygens (including phenoxy) is 2. The lowest BCUT2D eigenvalue weighted by Crippen LogP contribution is -2.48. The molecule has 164 valence electrons. The van der Waals surface area contributed by atoms with Crippen molar-refractivity contribution in [1.82, 2.24) is 10.2 Å². The molecule has 1 aliphatic rings. The summed E-state index contributed by atoms with van der Waals surface area (Å²) in [6.07, 6.45) is 3.86. The number of guanidine groups is 1. The highest BCUT2D eigenvalue weighted by atomic mass is 127. The molecule has 1 aliphatic heterocycles. The molecule has 29 heavy (non-hydrogen) atoms. The Morgan fingerprint density at radius 2 is 2.03 bits per heavy atom. The van der Waals surface area contributed by atoms with Gasteiger partial charge in [0.25, 0.3) is 0 Å². The van der Waals surface area contributed by atoms with E-state index in [1.807, 2.05) is 25.1 Å². The molecule has 1 aromatic rings. The number of rotatable bonds is 10. The van der Waals surface area contributed by atoms with Crippen LogP contribution in [-0.2, 0) is 20.9 Å². The lowest BCUT2D eigenvalue weighted by Gasteiger charge is -2.34. The van der Waals surface area contributed by atoms with Gasteiger partial charge in [0, 0.05) is 32.8 Å². The van der Waals surface area contributed by atoms with Gasteiger partial charge in [-0.2, -0.15) is 0 Å². The average Bonchev–Trinajstić information content (AvgIpc) is 2.73. The van der Waals surface area contributed by atoms with Gasteiger partial charge in [0.2, 0.25) is 0 Å². The molecule has 0 aliphatic carbocycles. The minimum Gasteiger partial charge on any atom is -0.466 e. The van der Waals surface area contributed by atoms with Crippen LogP contribution in [0.25, 0.3) is 0 Å². The van der Waals surface area contributed by atoms with Crippen molar-refractivity contribution in [3.8, 4) is 0 Å². The van der Waals surface area contributed by atoms with E-state index < -0.39 is 0 Å². The predicted molar refractivity (Wildman–Crippen MR) is 128 cm³/mol. The van der Waals surface area contributed by atoms with Crippen molar-refractivity contribution in [2.24, 2.45) is 10.9 Å². The Balaban J connectivity index is 0.00000420. The highest BCUT2D eigenvalue weighted by molar-refractivity contribution is 14.0. The fourth-order valence-corrected chi connectivity index (χ4v) is 3.31. The molecule has 1 saturated heterocycles. The van der Waals surface area contributed by atoms with Crippen molar-refractivity contribution in [2.75, 3.05) is 39.4 Å². The van der Waals surface area contributed by atoms with Crippen LogP contribution in [-0.4, -0.2) is 56.2 Å². The Labute approximate surface area is 192 Å². The molecule has 0 saturated carbocycles. The number of nitrogens with one attached hydrogen (secondary N) is 1. The summed E-state index contributed by atoms with van der Waals surface area (Å²) in [4.78, 5) is 19.0. The molecule has 1 atom stereocenters. The maximum absolute atomic E-state index is 12.1. The van der Waals surface area contributed by atoms with E-state index in [4.69, 9.17) is 14.5 Å². The first-order valence-corrected chi connectivity index (χ1v) is 10.6. The first-order valence-electron chi connectivity index (χ1n) is 10.6. The van der Waals surface area contributed by atoms with Gasteiger partial charge >= 0.3 is 5.97 Å². The van der Waals surface area contributed by atoms with Crippen LogP contribution < -0.4 is 5.32 Å². The summed E-state index contributed by atoms with van der Waals surface area (Å²) in [5.41, 5.74) is 1.20. The fourth-order valence-electron chi connectivity index (χ4n) is 3.31. The molecule has 1 unspecified atom stereocenters. The third-order valence-corrected chi connectivity index (χ3v) is 4.75. The average molecular weight is 517 g/mol. The largest absolute Gasteiger partial charge is 0.466 e. The van der Waals surface area contributed by atoms with Crippen LogP contribution in [0.1, 0.15) is 45.1 Å². The quantitative estimate of drug-likeness (QED) is 0.168. The molecule has 2 rings (SSSR count). The number of benzene rings is 1. The van der Waals surface area contributed by atoms with E-state index in [1.165, 1.54) is 5.56 Å². The minimum atomic E-state index is -0.0846. The van der Waals surface area contributed by atoms with Crippen LogP contribution in [0, 0.1) is 5.92 Å². The molecule has 6 nitrogen and oxygen atoms in total. The standard InChI is InChI=1S/C22H35N3O3.HI/c1-3-23-22(25-15-10-13-20(17-25)21(26)28-4-2)24-14-8-9-16-27-18-19-11-6-5-7-12-19;/h5-7,11-12,20H,3-4,8-10,13-18H2,1-2H3,(H,23,24);1H. The van der Waals surface area contributed by atoms with Crippen LogP contribution in [0.2, 0.25) is 0 Å². The van der Waals surface area contributed by atoms with Gasteiger partial charge in [-0.25, -0.2) is 0 Å². The molecule has 1 N–H and O–H groups in total. The van der Waals surface area contributed by atoms with E-state index in [0.29, 0.717) is 19.8 Å². The highest BCUT2D eigenvalue weighted by Crippen LogP contribution is 2.18. The zero-order valence-electron chi connectivity index (χ0n) is 17.8. The van der Waals surface area contributed by atoms with Crippen molar-refractivity contribution in [3.63, 3.8) is 0 Å². The van der Waals surface area contributed by atoms with Crippen LogP contribution >= 0.6 is 24.0 Å². The number of aliphatic imine (C=N–C) groups is 1. The molecule has 1 fully saturated rings.